The standard InChI is InChI=1S/C22H28N4O2/c23-19-7-2-3-8-20(19)25-22(28)18-11-9-17(10-12-18)21(27)24-13-6-16-26-14-4-1-5-15-26/h2-3,7-12H,1,4-6,13-16,23H2,(H,24,27)(H,25,28). The molecule has 0 aliphatic carbocycles. The molecule has 4 N–H and O–H groups in total. The van der Waals surface area contributed by atoms with Crippen molar-refractivity contribution in [2.45, 2.75) is 25.7 Å². The average Bonchev–Trinajstić information content (AvgIpc) is 2.73. The van der Waals surface area contributed by atoms with E-state index < -0.39 is 0 Å². The quantitative estimate of drug-likeness (QED) is 0.509. The summed E-state index contributed by atoms with van der Waals surface area (Å²) < 4.78 is 0. The molecule has 6 nitrogen and oxygen atoms in total. The van der Waals surface area contributed by atoms with Crippen LogP contribution in [0.25, 0.3) is 0 Å². The molecule has 2 amide bonds. The first-order valence-corrected chi connectivity index (χ1v) is 9.90. The summed E-state index contributed by atoms with van der Waals surface area (Å²) in [5.41, 5.74) is 7.95. The van der Waals surface area contributed by atoms with Crippen LogP contribution in [0.15, 0.2) is 48.5 Å². The Bertz CT molecular complexity index is 798. The lowest BCUT2D eigenvalue weighted by atomic mass is 10.1. The smallest absolute Gasteiger partial charge is 0.255 e. The lowest BCUT2D eigenvalue weighted by Crippen LogP contribution is -2.33. The van der Waals surface area contributed by atoms with E-state index in [4.69, 9.17) is 5.73 Å². The number of nitrogen functional groups attached to an aromatic ring is 1. The third kappa shape index (κ3) is 5.57. The van der Waals surface area contributed by atoms with Gasteiger partial charge in [-0.3, -0.25) is 9.59 Å². The molecule has 1 aliphatic rings. The molecular weight excluding hydrogens is 352 g/mol. The maximum absolute atomic E-state index is 12.3. The van der Waals surface area contributed by atoms with E-state index in [1.54, 1.807) is 36.4 Å². The fourth-order valence-corrected chi connectivity index (χ4v) is 3.37. The minimum Gasteiger partial charge on any atom is -0.397 e. The fraction of sp³-hybridized carbons (Fsp3) is 0.364. The highest BCUT2D eigenvalue weighted by atomic mass is 16.2. The van der Waals surface area contributed by atoms with E-state index >= 15 is 0 Å². The molecular formula is C22H28N4O2. The molecule has 2 aromatic carbocycles. The molecule has 1 aliphatic heterocycles. The second-order valence-corrected chi connectivity index (χ2v) is 7.13. The van der Waals surface area contributed by atoms with Crippen molar-refractivity contribution in [2.24, 2.45) is 0 Å². The van der Waals surface area contributed by atoms with Crippen LogP contribution in [0, 0.1) is 0 Å². The Morgan fingerprint density at radius 3 is 2.21 bits per heavy atom. The highest BCUT2D eigenvalue weighted by Crippen LogP contribution is 2.18. The molecule has 0 atom stereocenters. The summed E-state index contributed by atoms with van der Waals surface area (Å²) >= 11 is 0. The van der Waals surface area contributed by atoms with E-state index in [1.165, 1.54) is 32.4 Å². The second kappa shape index (κ2) is 9.90. The van der Waals surface area contributed by atoms with Gasteiger partial charge < -0.3 is 21.3 Å². The number of carbonyl (C=O) groups is 2. The topological polar surface area (TPSA) is 87.5 Å². The van der Waals surface area contributed by atoms with Crippen LogP contribution in [-0.4, -0.2) is 42.9 Å². The number of hydrogen-bond donors (Lipinski definition) is 3. The minimum absolute atomic E-state index is 0.113. The number of nitrogens with two attached hydrogens (primary N) is 1. The van der Waals surface area contributed by atoms with E-state index in [0.29, 0.717) is 29.0 Å². The van der Waals surface area contributed by atoms with Gasteiger partial charge in [0.2, 0.25) is 0 Å². The first kappa shape index (κ1) is 19.9. The van der Waals surface area contributed by atoms with Crippen molar-refractivity contribution >= 4 is 23.2 Å². The van der Waals surface area contributed by atoms with Crippen LogP contribution in [0.5, 0.6) is 0 Å². The van der Waals surface area contributed by atoms with Gasteiger partial charge in [0.1, 0.15) is 0 Å². The number of rotatable bonds is 7. The monoisotopic (exact) mass is 380 g/mol. The number of likely N-dealkylation sites (tertiary alicyclic amines) is 1. The Labute approximate surface area is 166 Å². The second-order valence-electron chi connectivity index (χ2n) is 7.13. The van der Waals surface area contributed by atoms with Crippen molar-refractivity contribution in [2.75, 3.05) is 37.2 Å². The van der Waals surface area contributed by atoms with Crippen LogP contribution in [-0.2, 0) is 0 Å². The minimum atomic E-state index is -0.258. The van der Waals surface area contributed by atoms with Crippen LogP contribution < -0.4 is 16.4 Å². The Morgan fingerprint density at radius 1 is 0.893 bits per heavy atom. The predicted molar refractivity (Wildman–Crippen MR) is 112 cm³/mol. The summed E-state index contributed by atoms with van der Waals surface area (Å²) in [6.45, 7) is 4.03. The molecule has 148 valence electrons. The summed E-state index contributed by atoms with van der Waals surface area (Å²) in [5.74, 6) is -0.371. The van der Waals surface area contributed by atoms with E-state index in [0.717, 1.165) is 13.0 Å². The Morgan fingerprint density at radius 2 is 1.54 bits per heavy atom. The fourth-order valence-electron chi connectivity index (χ4n) is 3.37. The van der Waals surface area contributed by atoms with Gasteiger partial charge in [0.25, 0.3) is 11.8 Å². The molecule has 28 heavy (non-hydrogen) atoms. The number of benzene rings is 2. The van der Waals surface area contributed by atoms with Gasteiger partial charge in [-0.25, -0.2) is 0 Å². The molecule has 6 heteroatoms. The first-order valence-electron chi connectivity index (χ1n) is 9.90. The summed E-state index contributed by atoms with van der Waals surface area (Å²) in [5, 5.41) is 5.73. The van der Waals surface area contributed by atoms with Crippen LogP contribution >= 0.6 is 0 Å². The number of para-hydroxylation sites is 2. The van der Waals surface area contributed by atoms with Gasteiger partial charge in [-0.1, -0.05) is 18.6 Å². The Kier molecular flexibility index (Phi) is 7.03. The van der Waals surface area contributed by atoms with Crippen LogP contribution in [0.3, 0.4) is 0 Å². The van der Waals surface area contributed by atoms with Gasteiger partial charge in [-0.05, 0) is 75.3 Å². The third-order valence-electron chi connectivity index (χ3n) is 5.00. The molecule has 0 aromatic heterocycles. The lowest BCUT2D eigenvalue weighted by Gasteiger charge is -2.26. The first-order chi connectivity index (χ1) is 13.6. The maximum atomic E-state index is 12.3. The van der Waals surface area contributed by atoms with Gasteiger partial charge in [0, 0.05) is 17.7 Å². The summed E-state index contributed by atoms with van der Waals surface area (Å²) in [7, 11) is 0. The van der Waals surface area contributed by atoms with Crippen LogP contribution in [0.4, 0.5) is 11.4 Å². The van der Waals surface area contributed by atoms with Gasteiger partial charge in [0.15, 0.2) is 0 Å². The molecule has 0 bridgehead atoms. The van der Waals surface area contributed by atoms with Crippen molar-refractivity contribution in [1.82, 2.24) is 10.2 Å². The molecule has 0 radical (unpaired) electrons. The van der Waals surface area contributed by atoms with Gasteiger partial charge >= 0.3 is 0 Å². The number of piperidine rings is 1. The summed E-state index contributed by atoms with van der Waals surface area (Å²) in [6, 6.07) is 13.7. The predicted octanol–water partition coefficient (Wildman–Crippen LogP) is 3.13. The highest BCUT2D eigenvalue weighted by molar-refractivity contribution is 6.06. The maximum Gasteiger partial charge on any atom is 0.255 e. The zero-order chi connectivity index (χ0) is 19.8. The SMILES string of the molecule is Nc1ccccc1NC(=O)c1ccc(C(=O)NCCCN2CCCCC2)cc1. The summed E-state index contributed by atoms with van der Waals surface area (Å²) in [6.07, 6.45) is 4.84. The number of amides is 2. The van der Waals surface area contributed by atoms with Gasteiger partial charge in [-0.15, -0.1) is 0 Å². The zero-order valence-corrected chi connectivity index (χ0v) is 16.1. The molecule has 1 saturated heterocycles. The van der Waals surface area contributed by atoms with Gasteiger partial charge in [-0.2, -0.15) is 0 Å². The molecule has 1 fully saturated rings. The van der Waals surface area contributed by atoms with Crippen molar-refractivity contribution in [3.63, 3.8) is 0 Å². The third-order valence-corrected chi connectivity index (χ3v) is 5.00. The van der Waals surface area contributed by atoms with Gasteiger partial charge in [0.05, 0.1) is 11.4 Å². The molecule has 0 saturated carbocycles. The van der Waals surface area contributed by atoms with Crippen LogP contribution in [0.1, 0.15) is 46.4 Å². The molecule has 0 unspecified atom stereocenters. The van der Waals surface area contributed by atoms with E-state index in [-0.39, 0.29) is 11.8 Å². The normalized spacial score (nSPS) is 14.4. The lowest BCUT2D eigenvalue weighted by molar-refractivity contribution is 0.0949. The number of hydrogen-bond acceptors (Lipinski definition) is 4. The van der Waals surface area contributed by atoms with Crippen molar-refractivity contribution in [1.29, 1.82) is 0 Å². The summed E-state index contributed by atoms with van der Waals surface area (Å²) in [4.78, 5) is 27.1. The molecule has 1 heterocycles. The Hall–Kier alpha value is -2.86. The molecule has 2 aromatic rings. The van der Waals surface area contributed by atoms with Crippen LogP contribution in [0.2, 0.25) is 0 Å². The van der Waals surface area contributed by atoms with Crippen molar-refractivity contribution < 1.29 is 9.59 Å². The number of carbonyl (C=O) groups excluding carboxylic acids is 2. The van der Waals surface area contributed by atoms with E-state index in [2.05, 4.69) is 15.5 Å². The number of nitrogens with one attached hydrogen (secondary N) is 2. The van der Waals surface area contributed by atoms with E-state index in [1.807, 2.05) is 12.1 Å². The Balaban J connectivity index is 1.45. The average molecular weight is 380 g/mol. The largest absolute Gasteiger partial charge is 0.397 e. The van der Waals surface area contributed by atoms with E-state index in [9.17, 15) is 9.59 Å². The molecule has 0 spiro atoms. The van der Waals surface area contributed by atoms with Crippen molar-refractivity contribution in [3.05, 3.63) is 59.7 Å². The highest BCUT2D eigenvalue weighted by Gasteiger charge is 2.11. The van der Waals surface area contributed by atoms with Crippen molar-refractivity contribution in [3.8, 4) is 0 Å². The number of nitrogens with zero attached hydrogens (tertiary/aromatic N) is 1. The zero-order valence-electron chi connectivity index (χ0n) is 16.1. The molecule has 3 rings (SSSR count). The number of anilines is 2.